The predicted octanol–water partition coefficient (Wildman–Crippen LogP) is 3.14. The van der Waals surface area contributed by atoms with Crippen molar-refractivity contribution in [3.63, 3.8) is 0 Å². The molecule has 1 saturated heterocycles. The van der Waals surface area contributed by atoms with Gasteiger partial charge in [-0.3, -0.25) is 4.90 Å². The summed E-state index contributed by atoms with van der Waals surface area (Å²) < 4.78 is 0. The highest BCUT2D eigenvalue weighted by atomic mass is 15.2. The summed E-state index contributed by atoms with van der Waals surface area (Å²) >= 11 is 0. The lowest BCUT2D eigenvalue weighted by atomic mass is 9.91. The Balaban J connectivity index is 1.77. The van der Waals surface area contributed by atoms with Crippen LogP contribution in [0.25, 0.3) is 0 Å². The van der Waals surface area contributed by atoms with Gasteiger partial charge < -0.3 is 5.32 Å². The van der Waals surface area contributed by atoms with Gasteiger partial charge >= 0.3 is 0 Å². The zero-order chi connectivity index (χ0) is 13.2. The van der Waals surface area contributed by atoms with Crippen LogP contribution in [0.1, 0.15) is 50.3 Å². The van der Waals surface area contributed by atoms with Crippen molar-refractivity contribution in [3.8, 4) is 0 Å². The first-order valence-electron chi connectivity index (χ1n) is 7.82. The summed E-state index contributed by atoms with van der Waals surface area (Å²) in [7, 11) is 0. The molecule has 1 N–H and O–H groups in total. The molecule has 0 spiro atoms. The van der Waals surface area contributed by atoms with E-state index >= 15 is 0 Å². The van der Waals surface area contributed by atoms with E-state index in [1.807, 2.05) is 0 Å². The summed E-state index contributed by atoms with van der Waals surface area (Å²) in [5.41, 5.74) is 3.07. The molecule has 1 fully saturated rings. The number of nitrogens with zero attached hydrogens (tertiary/aromatic N) is 1. The van der Waals surface area contributed by atoms with Crippen molar-refractivity contribution >= 4 is 0 Å². The molecule has 0 radical (unpaired) electrons. The predicted molar refractivity (Wildman–Crippen MR) is 80.4 cm³/mol. The van der Waals surface area contributed by atoms with Gasteiger partial charge in [0.1, 0.15) is 0 Å². The fourth-order valence-electron chi connectivity index (χ4n) is 3.80. The first-order valence-corrected chi connectivity index (χ1v) is 7.82. The van der Waals surface area contributed by atoms with Crippen LogP contribution in [0, 0.1) is 0 Å². The molecule has 0 aliphatic carbocycles. The molecule has 2 aliphatic heterocycles. The monoisotopic (exact) mass is 258 g/mol. The standard InChI is InChI=1S/C17H26N2/c1-13-6-5-7-14(2)19(13)12-17-16-9-4-3-8-15(16)10-11-18-17/h3-4,8-9,13-14,17-18H,5-7,10-12H2,1-2H3/t13-,14+,17?. The van der Waals surface area contributed by atoms with Gasteiger partial charge in [0.2, 0.25) is 0 Å². The lowest BCUT2D eigenvalue weighted by molar-refractivity contribution is 0.0898. The van der Waals surface area contributed by atoms with Crippen LogP contribution >= 0.6 is 0 Å². The Kier molecular flexibility index (Phi) is 3.90. The number of fused-ring (bicyclic) bond motifs is 1. The molecule has 0 amide bonds. The number of nitrogens with one attached hydrogen (secondary N) is 1. The Morgan fingerprint density at radius 3 is 2.68 bits per heavy atom. The molecule has 1 aromatic carbocycles. The van der Waals surface area contributed by atoms with Crippen molar-refractivity contribution in [3.05, 3.63) is 35.4 Å². The molecule has 0 saturated carbocycles. The first kappa shape index (κ1) is 13.1. The maximum Gasteiger partial charge on any atom is 0.0452 e. The van der Waals surface area contributed by atoms with Gasteiger partial charge in [0, 0.05) is 24.7 Å². The third kappa shape index (κ3) is 2.70. The van der Waals surface area contributed by atoms with Crippen molar-refractivity contribution in [2.45, 2.75) is 57.7 Å². The summed E-state index contributed by atoms with van der Waals surface area (Å²) in [6.07, 6.45) is 5.29. The highest BCUT2D eigenvalue weighted by Gasteiger charge is 2.29. The van der Waals surface area contributed by atoms with E-state index in [4.69, 9.17) is 0 Å². The number of hydrogen-bond donors (Lipinski definition) is 1. The van der Waals surface area contributed by atoms with Crippen LogP contribution in [-0.2, 0) is 6.42 Å². The molecule has 0 bridgehead atoms. The normalized spacial score (nSPS) is 32.0. The van der Waals surface area contributed by atoms with E-state index in [9.17, 15) is 0 Å². The second kappa shape index (κ2) is 5.64. The Hall–Kier alpha value is -0.860. The smallest absolute Gasteiger partial charge is 0.0452 e. The number of rotatable bonds is 2. The molecule has 2 aliphatic rings. The van der Waals surface area contributed by atoms with Crippen molar-refractivity contribution in [1.82, 2.24) is 10.2 Å². The second-order valence-electron chi connectivity index (χ2n) is 6.28. The van der Waals surface area contributed by atoms with Gasteiger partial charge in [-0.1, -0.05) is 30.7 Å². The quantitative estimate of drug-likeness (QED) is 0.876. The average Bonchev–Trinajstić information content (AvgIpc) is 2.43. The van der Waals surface area contributed by atoms with Crippen LogP contribution in [0.3, 0.4) is 0 Å². The van der Waals surface area contributed by atoms with Crippen LogP contribution in [0.15, 0.2) is 24.3 Å². The summed E-state index contributed by atoms with van der Waals surface area (Å²) in [5, 5.41) is 3.72. The van der Waals surface area contributed by atoms with E-state index in [-0.39, 0.29) is 0 Å². The van der Waals surface area contributed by atoms with E-state index in [0.717, 1.165) is 18.6 Å². The van der Waals surface area contributed by atoms with Gasteiger partial charge in [0.15, 0.2) is 0 Å². The zero-order valence-corrected chi connectivity index (χ0v) is 12.2. The number of benzene rings is 1. The molecule has 2 nitrogen and oxygen atoms in total. The second-order valence-corrected chi connectivity index (χ2v) is 6.28. The molecular formula is C17H26N2. The van der Waals surface area contributed by atoms with Gasteiger partial charge in [0.05, 0.1) is 0 Å². The Morgan fingerprint density at radius 2 is 1.89 bits per heavy atom. The largest absolute Gasteiger partial charge is 0.309 e. The molecule has 2 heterocycles. The molecule has 104 valence electrons. The van der Waals surface area contributed by atoms with Crippen LogP contribution in [0.4, 0.5) is 0 Å². The van der Waals surface area contributed by atoms with Crippen LogP contribution < -0.4 is 5.32 Å². The van der Waals surface area contributed by atoms with E-state index in [1.54, 1.807) is 5.56 Å². The summed E-state index contributed by atoms with van der Waals surface area (Å²) in [4.78, 5) is 2.71. The lowest BCUT2D eigenvalue weighted by Crippen LogP contribution is -2.48. The minimum absolute atomic E-state index is 0.521. The van der Waals surface area contributed by atoms with Gasteiger partial charge in [-0.25, -0.2) is 0 Å². The topological polar surface area (TPSA) is 15.3 Å². The molecule has 2 heteroatoms. The fourth-order valence-corrected chi connectivity index (χ4v) is 3.80. The first-order chi connectivity index (χ1) is 9.25. The number of piperidine rings is 1. The van der Waals surface area contributed by atoms with Gasteiger partial charge in [-0.05, 0) is 50.8 Å². The Morgan fingerprint density at radius 1 is 1.16 bits per heavy atom. The molecular weight excluding hydrogens is 232 g/mol. The van der Waals surface area contributed by atoms with Crippen LogP contribution in [0.2, 0.25) is 0 Å². The molecule has 0 aromatic heterocycles. The van der Waals surface area contributed by atoms with Crippen molar-refractivity contribution in [2.24, 2.45) is 0 Å². The summed E-state index contributed by atoms with van der Waals surface area (Å²) in [6.45, 7) is 7.08. The molecule has 3 atom stereocenters. The van der Waals surface area contributed by atoms with Gasteiger partial charge in [-0.2, -0.15) is 0 Å². The molecule has 1 aromatic rings. The van der Waals surface area contributed by atoms with Gasteiger partial charge in [0.25, 0.3) is 0 Å². The van der Waals surface area contributed by atoms with Crippen LogP contribution in [0.5, 0.6) is 0 Å². The van der Waals surface area contributed by atoms with Gasteiger partial charge in [-0.15, -0.1) is 0 Å². The van der Waals surface area contributed by atoms with E-state index < -0.39 is 0 Å². The molecule has 3 rings (SSSR count). The van der Waals surface area contributed by atoms with Crippen LogP contribution in [-0.4, -0.2) is 30.1 Å². The number of likely N-dealkylation sites (tertiary alicyclic amines) is 1. The third-order valence-electron chi connectivity index (χ3n) is 4.99. The zero-order valence-electron chi connectivity index (χ0n) is 12.2. The molecule has 1 unspecified atom stereocenters. The molecule has 19 heavy (non-hydrogen) atoms. The maximum atomic E-state index is 3.72. The lowest BCUT2D eigenvalue weighted by Gasteiger charge is -2.42. The van der Waals surface area contributed by atoms with Crippen molar-refractivity contribution in [2.75, 3.05) is 13.1 Å². The minimum Gasteiger partial charge on any atom is -0.309 e. The third-order valence-corrected chi connectivity index (χ3v) is 4.99. The Bertz CT molecular complexity index is 419. The van der Waals surface area contributed by atoms with Crippen molar-refractivity contribution < 1.29 is 0 Å². The highest BCUT2D eigenvalue weighted by Crippen LogP contribution is 2.28. The van der Waals surface area contributed by atoms with E-state index in [2.05, 4.69) is 48.3 Å². The highest BCUT2D eigenvalue weighted by molar-refractivity contribution is 5.32. The van der Waals surface area contributed by atoms with E-state index in [1.165, 1.54) is 37.8 Å². The average molecular weight is 258 g/mol. The SMILES string of the molecule is C[C@@H]1CCC[C@H](C)N1CC1NCCc2ccccc21. The fraction of sp³-hybridized carbons (Fsp3) is 0.647. The van der Waals surface area contributed by atoms with E-state index in [0.29, 0.717) is 6.04 Å². The summed E-state index contributed by atoms with van der Waals surface area (Å²) in [5.74, 6) is 0. The maximum absolute atomic E-state index is 3.72. The number of hydrogen-bond acceptors (Lipinski definition) is 2. The minimum atomic E-state index is 0.521. The Labute approximate surface area is 117 Å². The summed E-state index contributed by atoms with van der Waals surface area (Å²) in [6, 6.07) is 11.0. The van der Waals surface area contributed by atoms with Crippen molar-refractivity contribution in [1.29, 1.82) is 0 Å².